The molecule has 0 saturated heterocycles. The number of methoxy groups -OCH3 is 1. The van der Waals surface area contributed by atoms with Gasteiger partial charge in [-0.2, -0.15) is 0 Å². The molecule has 0 fully saturated rings. The van der Waals surface area contributed by atoms with Gasteiger partial charge in [0, 0.05) is 30.0 Å². The van der Waals surface area contributed by atoms with Gasteiger partial charge in [-0.25, -0.2) is 14.8 Å². The molecule has 0 radical (unpaired) electrons. The van der Waals surface area contributed by atoms with Crippen molar-refractivity contribution in [3.05, 3.63) is 82.9 Å². The summed E-state index contributed by atoms with van der Waals surface area (Å²) in [6, 6.07) is 13.6. The summed E-state index contributed by atoms with van der Waals surface area (Å²) in [6.45, 7) is 0. The quantitative estimate of drug-likeness (QED) is 0.447. The molecule has 3 aromatic rings. The summed E-state index contributed by atoms with van der Waals surface area (Å²) >= 11 is 6.02. The van der Waals surface area contributed by atoms with E-state index < -0.39 is 11.5 Å². The average Bonchev–Trinajstić information content (AvgIpc) is 3.32. The van der Waals surface area contributed by atoms with Crippen molar-refractivity contribution >= 4 is 29.3 Å². The van der Waals surface area contributed by atoms with E-state index in [0.717, 1.165) is 0 Å². The Hall–Kier alpha value is -3.45. The molecule has 1 aliphatic heterocycles. The zero-order valence-corrected chi connectivity index (χ0v) is 17.1. The van der Waals surface area contributed by atoms with Crippen LogP contribution in [0.15, 0.2) is 65.9 Å². The number of carbonyl (C=O) groups excluding carboxylic acids is 2. The van der Waals surface area contributed by atoms with E-state index in [9.17, 15) is 9.59 Å². The number of carbonyl (C=O) groups is 2. The number of cyclic esters (lactones) is 1. The molecule has 0 spiro atoms. The van der Waals surface area contributed by atoms with Crippen LogP contribution in [-0.4, -0.2) is 34.3 Å². The van der Waals surface area contributed by atoms with Crippen molar-refractivity contribution in [3.8, 4) is 5.75 Å². The lowest BCUT2D eigenvalue weighted by atomic mass is 9.85. The van der Waals surface area contributed by atoms with Crippen molar-refractivity contribution in [2.24, 2.45) is 12.0 Å². The lowest BCUT2D eigenvalue weighted by Gasteiger charge is -2.21. The molecule has 2 heterocycles. The Labute approximate surface area is 177 Å². The number of hydrogen-bond acceptors (Lipinski definition) is 6. The highest BCUT2D eigenvalue weighted by Crippen LogP contribution is 2.38. The van der Waals surface area contributed by atoms with Crippen LogP contribution in [0.3, 0.4) is 0 Å². The molecule has 8 heteroatoms. The minimum Gasteiger partial charge on any atom is -0.497 e. The van der Waals surface area contributed by atoms with E-state index in [0.29, 0.717) is 21.9 Å². The van der Waals surface area contributed by atoms with Gasteiger partial charge in [0.1, 0.15) is 5.75 Å². The fraction of sp³-hybridized carbons (Fsp3) is 0.182. The largest absolute Gasteiger partial charge is 0.497 e. The topological polar surface area (TPSA) is 82.8 Å². The zero-order valence-electron chi connectivity index (χ0n) is 16.3. The molecule has 1 aliphatic rings. The number of imidazole rings is 1. The molecular formula is C22H18ClN3O4. The van der Waals surface area contributed by atoms with Crippen molar-refractivity contribution < 1.29 is 19.1 Å². The molecule has 2 aromatic carbocycles. The van der Waals surface area contributed by atoms with Crippen LogP contribution < -0.4 is 4.74 Å². The number of ether oxygens (including phenoxy) is 2. The number of aryl methyl sites for hydroxylation is 1. The number of ketones is 1. The predicted molar refractivity (Wildman–Crippen MR) is 111 cm³/mol. The second-order valence-corrected chi connectivity index (χ2v) is 7.30. The van der Waals surface area contributed by atoms with E-state index in [1.807, 2.05) is 0 Å². The van der Waals surface area contributed by atoms with Crippen LogP contribution in [0.5, 0.6) is 5.75 Å². The Morgan fingerprint density at radius 1 is 1.17 bits per heavy atom. The number of hydrogen-bond donors (Lipinski definition) is 0. The standard InChI is InChI=1S/C22H18ClN3O4/c1-26-12-11-24-19(26)18(27)13-22(15-5-7-16(23)8-6-15)21(28)30-20(25-22)14-3-9-17(29-2)10-4-14/h3-12H,13H2,1-2H3. The van der Waals surface area contributed by atoms with Gasteiger partial charge in [0.05, 0.1) is 13.5 Å². The SMILES string of the molecule is COc1ccc(C2=NC(CC(=O)c3nccn3C)(c3ccc(Cl)cc3)C(=O)O2)cc1. The predicted octanol–water partition coefficient (Wildman–Crippen LogP) is 3.55. The van der Waals surface area contributed by atoms with Gasteiger partial charge in [-0.1, -0.05) is 23.7 Å². The van der Waals surface area contributed by atoms with Gasteiger partial charge in [0.2, 0.25) is 11.7 Å². The third-order valence-corrected chi connectivity index (χ3v) is 5.22. The first-order valence-electron chi connectivity index (χ1n) is 9.16. The fourth-order valence-electron chi connectivity index (χ4n) is 3.34. The highest BCUT2D eigenvalue weighted by molar-refractivity contribution is 6.30. The molecule has 30 heavy (non-hydrogen) atoms. The van der Waals surface area contributed by atoms with Gasteiger partial charge in [0.15, 0.2) is 11.4 Å². The van der Waals surface area contributed by atoms with Gasteiger partial charge in [-0.05, 0) is 42.0 Å². The Morgan fingerprint density at radius 3 is 2.47 bits per heavy atom. The van der Waals surface area contributed by atoms with Crippen molar-refractivity contribution in [3.63, 3.8) is 0 Å². The summed E-state index contributed by atoms with van der Waals surface area (Å²) < 4.78 is 12.3. The summed E-state index contributed by atoms with van der Waals surface area (Å²) in [5.41, 5.74) is -0.407. The Bertz CT molecular complexity index is 1140. The van der Waals surface area contributed by atoms with Gasteiger partial charge in [0.25, 0.3) is 0 Å². The van der Waals surface area contributed by atoms with Crippen molar-refractivity contribution in [1.82, 2.24) is 9.55 Å². The van der Waals surface area contributed by atoms with Crippen LogP contribution in [0, 0.1) is 0 Å². The molecule has 0 amide bonds. The Morgan fingerprint density at radius 2 is 1.87 bits per heavy atom. The molecule has 4 rings (SSSR count). The Balaban J connectivity index is 1.79. The number of aromatic nitrogens is 2. The maximum atomic E-state index is 13.1. The second kappa shape index (κ2) is 7.76. The molecule has 0 bridgehead atoms. The molecule has 1 atom stereocenters. The lowest BCUT2D eigenvalue weighted by Crippen LogP contribution is -2.34. The van der Waals surface area contributed by atoms with E-state index in [4.69, 9.17) is 21.1 Å². The smallest absolute Gasteiger partial charge is 0.346 e. The maximum Gasteiger partial charge on any atom is 0.346 e. The summed E-state index contributed by atoms with van der Waals surface area (Å²) in [5, 5.41) is 0.509. The summed E-state index contributed by atoms with van der Waals surface area (Å²) in [5.74, 6) is 0.0967. The molecule has 1 aromatic heterocycles. The van der Waals surface area contributed by atoms with Gasteiger partial charge >= 0.3 is 5.97 Å². The molecule has 152 valence electrons. The molecular weight excluding hydrogens is 406 g/mol. The first-order chi connectivity index (χ1) is 14.4. The van der Waals surface area contributed by atoms with E-state index in [1.165, 1.54) is 6.20 Å². The average molecular weight is 424 g/mol. The molecule has 7 nitrogen and oxygen atoms in total. The summed E-state index contributed by atoms with van der Waals surface area (Å²) in [7, 11) is 3.28. The maximum absolute atomic E-state index is 13.1. The van der Waals surface area contributed by atoms with Crippen LogP contribution in [0.4, 0.5) is 0 Å². The summed E-state index contributed by atoms with van der Waals surface area (Å²) in [4.78, 5) is 34.8. The van der Waals surface area contributed by atoms with Crippen LogP contribution in [0.2, 0.25) is 5.02 Å². The van der Waals surface area contributed by atoms with E-state index in [2.05, 4.69) is 9.98 Å². The number of nitrogens with zero attached hydrogens (tertiary/aromatic N) is 3. The molecule has 1 unspecified atom stereocenters. The number of Topliss-reactive ketones (excluding diaryl/α,β-unsaturated/α-hetero) is 1. The van der Waals surface area contributed by atoms with Crippen LogP contribution in [-0.2, 0) is 22.1 Å². The van der Waals surface area contributed by atoms with Crippen LogP contribution in [0.1, 0.15) is 28.2 Å². The highest BCUT2D eigenvalue weighted by Gasteiger charge is 2.50. The van der Waals surface area contributed by atoms with Gasteiger partial charge in [-0.3, -0.25) is 4.79 Å². The fourth-order valence-corrected chi connectivity index (χ4v) is 3.46. The van der Waals surface area contributed by atoms with Crippen molar-refractivity contribution in [2.75, 3.05) is 7.11 Å². The van der Waals surface area contributed by atoms with E-state index in [-0.39, 0.29) is 23.9 Å². The normalized spacial score (nSPS) is 18.1. The second-order valence-electron chi connectivity index (χ2n) is 6.86. The van der Waals surface area contributed by atoms with E-state index >= 15 is 0 Å². The minimum absolute atomic E-state index is 0.144. The molecule has 0 aliphatic carbocycles. The minimum atomic E-state index is -1.52. The van der Waals surface area contributed by atoms with Crippen molar-refractivity contribution in [1.29, 1.82) is 0 Å². The Kier molecular flexibility index (Phi) is 5.13. The zero-order chi connectivity index (χ0) is 21.3. The molecule has 0 saturated carbocycles. The first-order valence-corrected chi connectivity index (χ1v) is 9.54. The van der Waals surface area contributed by atoms with Crippen LogP contribution >= 0.6 is 11.6 Å². The van der Waals surface area contributed by atoms with Gasteiger partial charge < -0.3 is 14.0 Å². The van der Waals surface area contributed by atoms with Gasteiger partial charge in [-0.15, -0.1) is 0 Å². The third kappa shape index (κ3) is 3.48. The number of halogens is 1. The summed E-state index contributed by atoms with van der Waals surface area (Å²) in [6.07, 6.45) is 2.97. The molecule has 0 N–H and O–H groups in total. The lowest BCUT2D eigenvalue weighted by molar-refractivity contribution is -0.139. The highest BCUT2D eigenvalue weighted by atomic mass is 35.5. The number of rotatable bonds is 6. The van der Waals surface area contributed by atoms with Crippen molar-refractivity contribution in [2.45, 2.75) is 12.0 Å². The van der Waals surface area contributed by atoms with E-state index in [1.54, 1.807) is 73.5 Å². The van der Waals surface area contributed by atoms with Crippen LogP contribution in [0.25, 0.3) is 0 Å². The third-order valence-electron chi connectivity index (χ3n) is 4.97. The monoisotopic (exact) mass is 423 g/mol. The number of aliphatic imine (C=N–C) groups is 1. The first kappa shape index (κ1) is 19.8. The number of esters is 1. The number of benzene rings is 2.